The van der Waals surface area contributed by atoms with Gasteiger partial charge in [0.05, 0.1) is 5.57 Å². The topological polar surface area (TPSA) is 90.0 Å². The molecular formula is C28H27N3O4. The van der Waals surface area contributed by atoms with Crippen LogP contribution in [0.1, 0.15) is 31.4 Å². The Morgan fingerprint density at radius 2 is 1.97 bits per heavy atom. The molecule has 7 nitrogen and oxygen atoms in total. The Kier molecular flexibility index (Phi) is 6.14. The summed E-state index contributed by atoms with van der Waals surface area (Å²) >= 11 is 0. The molecule has 3 atom stereocenters. The van der Waals surface area contributed by atoms with Gasteiger partial charge in [-0.05, 0) is 42.2 Å². The molecule has 2 N–H and O–H groups in total. The van der Waals surface area contributed by atoms with Gasteiger partial charge in [0.15, 0.2) is 5.94 Å². The predicted molar refractivity (Wildman–Crippen MR) is 133 cm³/mol. The monoisotopic (exact) mass is 469 g/mol. The van der Waals surface area contributed by atoms with E-state index in [-0.39, 0.29) is 23.2 Å². The van der Waals surface area contributed by atoms with Crippen LogP contribution in [-0.2, 0) is 14.4 Å². The van der Waals surface area contributed by atoms with Crippen LogP contribution in [0.2, 0.25) is 0 Å². The van der Waals surface area contributed by atoms with Crippen LogP contribution in [-0.4, -0.2) is 58.4 Å². The number of carbonyl (C=O) groups is 1. The van der Waals surface area contributed by atoms with Gasteiger partial charge >= 0.3 is 5.97 Å². The first-order chi connectivity index (χ1) is 17.0. The normalized spacial score (nSPS) is 22.4. The van der Waals surface area contributed by atoms with E-state index in [1.54, 1.807) is 5.94 Å². The molecule has 0 bridgehead atoms. The Morgan fingerprint density at radius 3 is 2.74 bits per heavy atom. The quantitative estimate of drug-likeness (QED) is 0.628. The third kappa shape index (κ3) is 4.22. The maximum atomic E-state index is 11.5. The van der Waals surface area contributed by atoms with Gasteiger partial charge in [-0.15, -0.1) is 0 Å². The average Bonchev–Trinajstić information content (AvgIpc) is 3.45. The Hall–Kier alpha value is -3.89. The third-order valence-electron chi connectivity index (χ3n) is 7.23. The van der Waals surface area contributed by atoms with Crippen LogP contribution in [0.3, 0.4) is 0 Å². The second-order valence-corrected chi connectivity index (χ2v) is 9.32. The fourth-order valence-electron chi connectivity index (χ4n) is 5.60. The molecule has 0 saturated carbocycles. The van der Waals surface area contributed by atoms with Gasteiger partial charge in [-0.2, -0.15) is 0 Å². The molecule has 2 aromatic rings. The smallest absolute Gasteiger partial charge is 0.323 e. The fraction of sp³-hybridized carbons (Fsp3) is 0.321. The van der Waals surface area contributed by atoms with E-state index in [1.807, 2.05) is 12.0 Å². The summed E-state index contributed by atoms with van der Waals surface area (Å²) in [4.78, 5) is 38.2. The van der Waals surface area contributed by atoms with Gasteiger partial charge in [-0.3, -0.25) is 4.79 Å². The van der Waals surface area contributed by atoms with Crippen LogP contribution in [0.5, 0.6) is 0 Å². The fourth-order valence-corrected chi connectivity index (χ4v) is 5.60. The number of fused-ring (bicyclic) bond motifs is 2. The predicted octanol–water partition coefficient (Wildman–Crippen LogP) is 3.23. The average molecular weight is 470 g/mol. The summed E-state index contributed by atoms with van der Waals surface area (Å²) in [6, 6.07) is 15.3. The van der Waals surface area contributed by atoms with Gasteiger partial charge in [0, 0.05) is 42.5 Å². The Morgan fingerprint density at radius 1 is 1.17 bits per heavy atom. The van der Waals surface area contributed by atoms with Crippen molar-refractivity contribution in [3.05, 3.63) is 82.8 Å². The largest absolute Gasteiger partial charge is 0.480 e. The Balaban J connectivity index is 1.32. The zero-order chi connectivity index (χ0) is 24.5. The minimum Gasteiger partial charge on any atom is -0.480 e. The van der Waals surface area contributed by atoms with Crippen molar-refractivity contribution in [2.75, 3.05) is 19.6 Å². The van der Waals surface area contributed by atoms with Gasteiger partial charge in [0.2, 0.25) is 0 Å². The molecule has 2 saturated heterocycles. The molecular weight excluding hydrogens is 442 g/mol. The second kappa shape index (κ2) is 9.40. The van der Waals surface area contributed by atoms with Crippen molar-refractivity contribution < 1.29 is 19.5 Å². The summed E-state index contributed by atoms with van der Waals surface area (Å²) in [6.45, 7) is 3.49. The van der Waals surface area contributed by atoms with E-state index in [4.69, 9.17) is 0 Å². The summed E-state index contributed by atoms with van der Waals surface area (Å²) in [5.41, 5.74) is 3.10. The number of likely N-dealkylation sites (tertiary alicyclic amines) is 2. The molecule has 5 rings (SSSR count). The summed E-state index contributed by atoms with van der Waals surface area (Å²) in [5.74, 6) is 2.18. The highest BCUT2D eigenvalue weighted by molar-refractivity contribution is 5.86. The van der Waals surface area contributed by atoms with E-state index < -0.39 is 12.5 Å². The third-order valence-corrected chi connectivity index (χ3v) is 7.23. The maximum absolute atomic E-state index is 11.5. The van der Waals surface area contributed by atoms with E-state index in [2.05, 4.69) is 65.7 Å². The van der Waals surface area contributed by atoms with Crippen molar-refractivity contribution in [2.24, 2.45) is 5.92 Å². The first-order valence-corrected chi connectivity index (χ1v) is 11.9. The molecule has 0 amide bonds. The van der Waals surface area contributed by atoms with Crippen LogP contribution in [0.25, 0.3) is 10.8 Å². The summed E-state index contributed by atoms with van der Waals surface area (Å²) in [7, 11) is 0. The maximum Gasteiger partial charge on any atom is 0.323 e. The highest BCUT2D eigenvalue weighted by atomic mass is 16.4. The zero-order valence-corrected chi connectivity index (χ0v) is 19.5. The number of nitrogens with one attached hydrogen (secondary N) is 1. The number of carboxylic acid groups (broad SMARTS) is 1. The van der Waals surface area contributed by atoms with E-state index in [1.165, 1.54) is 21.2 Å². The SMILES string of the molecule is C[C@@H](N[C@H]1CCN(C2=CCC3C(=C=O)C(=C=O)N(CC(=O)O)C3=C2)C1)c1cccc2ccccc12. The van der Waals surface area contributed by atoms with Gasteiger partial charge in [-0.25, -0.2) is 9.59 Å². The standard InChI is InChI=1S/C28H27N3O4/c1-18(22-8-4-6-19-5-2-3-7-23(19)22)29-20-11-12-30(14-20)21-9-10-24-25(16-32)27(17-33)31(15-28(34)35)26(24)13-21/h2-9,13,18,20,24,29H,10-12,14-15H2,1H3,(H,34,35)/t18-,20+,24?/m1/s1. The Bertz CT molecular complexity index is 1340. The Labute approximate surface area is 203 Å². The van der Waals surface area contributed by atoms with Crippen molar-refractivity contribution in [1.82, 2.24) is 15.1 Å². The second-order valence-electron chi connectivity index (χ2n) is 9.32. The molecule has 2 aliphatic heterocycles. The zero-order valence-electron chi connectivity index (χ0n) is 19.5. The highest BCUT2D eigenvalue weighted by Crippen LogP contribution is 2.43. The minimum absolute atomic E-state index is 0.0156. The lowest BCUT2D eigenvalue weighted by Crippen LogP contribution is -2.34. The van der Waals surface area contributed by atoms with Crippen LogP contribution < -0.4 is 5.32 Å². The van der Waals surface area contributed by atoms with Crippen molar-refractivity contribution in [3.63, 3.8) is 0 Å². The number of allylic oxidation sites excluding steroid dienone is 4. The van der Waals surface area contributed by atoms with Gasteiger partial charge in [0.25, 0.3) is 0 Å². The van der Waals surface area contributed by atoms with E-state index in [9.17, 15) is 19.5 Å². The molecule has 1 aliphatic carbocycles. The van der Waals surface area contributed by atoms with E-state index in [0.29, 0.717) is 18.2 Å². The number of benzene rings is 2. The van der Waals surface area contributed by atoms with Gasteiger partial charge < -0.3 is 20.2 Å². The molecule has 2 heterocycles. The molecule has 0 spiro atoms. The number of carboxylic acids is 1. The highest BCUT2D eigenvalue weighted by Gasteiger charge is 2.41. The number of carbonyl (C=O) groups excluding carboxylic acids is 2. The number of rotatable bonds is 6. The van der Waals surface area contributed by atoms with Crippen LogP contribution >= 0.6 is 0 Å². The van der Waals surface area contributed by atoms with E-state index in [0.717, 1.165) is 25.2 Å². The molecule has 2 fully saturated rings. The molecule has 0 aromatic heterocycles. The number of aliphatic carboxylic acids is 1. The first kappa shape index (κ1) is 22.9. The molecule has 3 aliphatic rings. The number of nitrogens with zero attached hydrogens (tertiary/aromatic N) is 2. The van der Waals surface area contributed by atoms with Crippen molar-refractivity contribution in [3.8, 4) is 0 Å². The van der Waals surface area contributed by atoms with Gasteiger partial charge in [-0.1, -0.05) is 48.5 Å². The number of hydrogen-bond acceptors (Lipinski definition) is 6. The lowest BCUT2D eigenvalue weighted by molar-refractivity contribution is -0.137. The van der Waals surface area contributed by atoms with Crippen LogP contribution in [0.15, 0.2) is 77.3 Å². The van der Waals surface area contributed by atoms with E-state index >= 15 is 0 Å². The summed E-state index contributed by atoms with van der Waals surface area (Å²) in [5, 5.41) is 15.6. The van der Waals surface area contributed by atoms with Gasteiger partial charge in [0.1, 0.15) is 18.2 Å². The lowest BCUT2D eigenvalue weighted by Gasteiger charge is -2.28. The number of hydrogen-bond donors (Lipinski definition) is 2. The van der Waals surface area contributed by atoms with Crippen LogP contribution in [0, 0.1) is 5.92 Å². The van der Waals surface area contributed by atoms with Crippen molar-refractivity contribution in [1.29, 1.82) is 0 Å². The molecule has 35 heavy (non-hydrogen) atoms. The summed E-state index contributed by atoms with van der Waals surface area (Å²) < 4.78 is 0. The van der Waals surface area contributed by atoms with Crippen LogP contribution in [0.4, 0.5) is 0 Å². The first-order valence-electron chi connectivity index (χ1n) is 11.9. The molecule has 2 aromatic carbocycles. The van der Waals surface area contributed by atoms with Crippen molar-refractivity contribution >= 4 is 28.6 Å². The molecule has 178 valence electrons. The lowest BCUT2D eigenvalue weighted by atomic mass is 9.91. The summed E-state index contributed by atoms with van der Waals surface area (Å²) in [6.07, 6.45) is 5.48. The molecule has 7 heteroatoms. The molecule has 0 radical (unpaired) electrons. The molecule has 1 unspecified atom stereocenters. The minimum atomic E-state index is -1.08. The van der Waals surface area contributed by atoms with Crippen molar-refractivity contribution in [2.45, 2.75) is 31.8 Å².